The van der Waals surface area contributed by atoms with Crippen molar-refractivity contribution in [2.45, 2.75) is 12.7 Å². The van der Waals surface area contributed by atoms with Crippen LogP contribution in [-0.4, -0.2) is 22.6 Å². The number of rotatable bonds is 5. The first-order valence-electron chi connectivity index (χ1n) is 8.64. The van der Waals surface area contributed by atoms with Crippen LogP contribution in [0, 0.1) is 0 Å². The zero-order valence-electron chi connectivity index (χ0n) is 15.6. The first-order valence-corrected chi connectivity index (χ1v) is 8.64. The molecule has 2 aromatic carbocycles. The van der Waals surface area contributed by atoms with Crippen molar-refractivity contribution < 1.29 is 22.7 Å². The summed E-state index contributed by atoms with van der Waals surface area (Å²) in [7, 11) is 1.52. The number of hydrogen-bond acceptors (Lipinski definition) is 4. The van der Waals surface area contributed by atoms with Crippen LogP contribution in [0.2, 0.25) is 0 Å². The van der Waals surface area contributed by atoms with E-state index in [1.54, 1.807) is 24.3 Å². The molecule has 2 N–H and O–H groups in total. The van der Waals surface area contributed by atoms with Gasteiger partial charge in [0.2, 0.25) is 0 Å². The van der Waals surface area contributed by atoms with Gasteiger partial charge in [0.05, 0.1) is 18.4 Å². The summed E-state index contributed by atoms with van der Waals surface area (Å²) in [6.45, 7) is 0.0882. The Labute approximate surface area is 167 Å². The van der Waals surface area contributed by atoms with E-state index in [9.17, 15) is 27.6 Å². The standard InChI is InChI=1S/C20H16F3N3O4/c1-30-15-7-5-12(6-8-15)10-24-17(27)16-11-25-19(29)26(18(16)28)14-4-2-3-13(9-14)20(21,22)23/h2-9,11H,10H2,1H3,(H,24,27)(H,25,29). The zero-order chi connectivity index (χ0) is 21.9. The number of nitrogens with one attached hydrogen (secondary N) is 2. The number of aromatic amines is 1. The number of H-pyrrole nitrogens is 1. The second-order valence-corrected chi connectivity index (χ2v) is 6.23. The number of alkyl halides is 3. The van der Waals surface area contributed by atoms with Crippen LogP contribution in [0.4, 0.5) is 13.2 Å². The molecule has 0 aliphatic heterocycles. The zero-order valence-corrected chi connectivity index (χ0v) is 15.6. The lowest BCUT2D eigenvalue weighted by molar-refractivity contribution is -0.137. The number of methoxy groups -OCH3 is 1. The van der Waals surface area contributed by atoms with E-state index in [1.165, 1.54) is 13.2 Å². The maximum absolute atomic E-state index is 13.0. The number of aromatic nitrogens is 2. The molecule has 0 unspecified atom stereocenters. The molecule has 0 radical (unpaired) electrons. The van der Waals surface area contributed by atoms with Crippen LogP contribution >= 0.6 is 0 Å². The number of carbonyl (C=O) groups excluding carboxylic acids is 1. The summed E-state index contributed by atoms with van der Waals surface area (Å²) in [6.07, 6.45) is -3.72. The van der Waals surface area contributed by atoms with Crippen LogP contribution in [-0.2, 0) is 12.7 Å². The quantitative estimate of drug-likeness (QED) is 0.665. The van der Waals surface area contributed by atoms with E-state index < -0.39 is 34.5 Å². The maximum Gasteiger partial charge on any atom is 0.416 e. The molecule has 1 heterocycles. The molecule has 0 spiro atoms. The Morgan fingerprint density at radius 3 is 2.47 bits per heavy atom. The Balaban J connectivity index is 1.90. The topological polar surface area (TPSA) is 93.2 Å². The summed E-state index contributed by atoms with van der Waals surface area (Å²) in [5.41, 5.74) is -3.02. The van der Waals surface area contributed by atoms with Crippen LogP contribution in [0.1, 0.15) is 21.5 Å². The average Bonchev–Trinajstić information content (AvgIpc) is 2.72. The third-order valence-electron chi connectivity index (χ3n) is 4.26. The number of hydrogen-bond donors (Lipinski definition) is 2. The Morgan fingerprint density at radius 2 is 1.83 bits per heavy atom. The van der Waals surface area contributed by atoms with Gasteiger partial charge in [-0.25, -0.2) is 9.36 Å². The average molecular weight is 419 g/mol. The monoisotopic (exact) mass is 419 g/mol. The number of ether oxygens (including phenoxy) is 1. The van der Waals surface area contributed by atoms with Gasteiger partial charge in [0, 0.05) is 12.7 Å². The highest BCUT2D eigenvalue weighted by atomic mass is 19.4. The van der Waals surface area contributed by atoms with Crippen molar-refractivity contribution in [1.29, 1.82) is 0 Å². The second-order valence-electron chi connectivity index (χ2n) is 6.23. The van der Waals surface area contributed by atoms with Gasteiger partial charge in [-0.05, 0) is 35.9 Å². The van der Waals surface area contributed by atoms with Crippen molar-refractivity contribution in [1.82, 2.24) is 14.9 Å². The van der Waals surface area contributed by atoms with Crippen LogP contribution in [0.25, 0.3) is 5.69 Å². The van der Waals surface area contributed by atoms with Crippen molar-refractivity contribution in [3.63, 3.8) is 0 Å². The van der Waals surface area contributed by atoms with Gasteiger partial charge in [0.25, 0.3) is 11.5 Å². The molecule has 0 aliphatic rings. The Bertz CT molecular complexity index is 1180. The van der Waals surface area contributed by atoms with E-state index in [2.05, 4.69) is 10.3 Å². The van der Waals surface area contributed by atoms with Gasteiger partial charge >= 0.3 is 11.9 Å². The summed E-state index contributed by atoms with van der Waals surface area (Å²) < 4.78 is 44.4. The number of nitrogens with zero attached hydrogens (tertiary/aromatic N) is 1. The van der Waals surface area contributed by atoms with Gasteiger partial charge < -0.3 is 15.0 Å². The molecule has 3 aromatic rings. The predicted octanol–water partition coefficient (Wildman–Crippen LogP) is 2.48. The van der Waals surface area contributed by atoms with Gasteiger partial charge in [-0.3, -0.25) is 9.59 Å². The molecule has 10 heteroatoms. The largest absolute Gasteiger partial charge is 0.497 e. The minimum Gasteiger partial charge on any atom is -0.497 e. The van der Waals surface area contributed by atoms with Gasteiger partial charge in [-0.15, -0.1) is 0 Å². The van der Waals surface area contributed by atoms with Crippen LogP contribution < -0.4 is 21.3 Å². The summed E-state index contributed by atoms with van der Waals surface area (Å²) in [5.74, 6) is -0.150. The first-order chi connectivity index (χ1) is 14.2. The number of carbonyl (C=O) groups is 1. The molecular formula is C20H16F3N3O4. The highest BCUT2D eigenvalue weighted by Gasteiger charge is 2.30. The maximum atomic E-state index is 13.0. The van der Waals surface area contributed by atoms with E-state index in [-0.39, 0.29) is 12.2 Å². The SMILES string of the molecule is COc1ccc(CNC(=O)c2c[nH]c(=O)n(-c3cccc(C(F)(F)F)c3)c2=O)cc1. The highest BCUT2D eigenvalue weighted by molar-refractivity contribution is 5.93. The van der Waals surface area contributed by atoms with E-state index in [0.29, 0.717) is 16.4 Å². The molecule has 0 saturated heterocycles. The van der Waals surface area contributed by atoms with Gasteiger partial charge in [0.15, 0.2) is 0 Å². The molecule has 156 valence electrons. The Morgan fingerprint density at radius 1 is 1.13 bits per heavy atom. The molecule has 0 atom stereocenters. The molecule has 30 heavy (non-hydrogen) atoms. The summed E-state index contributed by atoms with van der Waals surface area (Å²) in [5, 5.41) is 2.53. The van der Waals surface area contributed by atoms with Gasteiger partial charge in [-0.1, -0.05) is 18.2 Å². The first kappa shape index (κ1) is 20.9. The fraction of sp³-hybridized carbons (Fsp3) is 0.150. The third-order valence-corrected chi connectivity index (χ3v) is 4.26. The molecule has 1 amide bonds. The summed E-state index contributed by atoms with van der Waals surface area (Å²) >= 11 is 0. The van der Waals surface area contributed by atoms with E-state index in [1.807, 2.05) is 0 Å². The van der Waals surface area contributed by atoms with E-state index >= 15 is 0 Å². The number of benzene rings is 2. The minimum atomic E-state index is -4.65. The molecule has 7 nitrogen and oxygen atoms in total. The lowest BCUT2D eigenvalue weighted by Crippen LogP contribution is -2.39. The van der Waals surface area contributed by atoms with Crippen molar-refractivity contribution in [2.75, 3.05) is 7.11 Å². The lowest BCUT2D eigenvalue weighted by atomic mass is 10.2. The fourth-order valence-corrected chi connectivity index (χ4v) is 2.71. The number of halogens is 3. The Hall–Kier alpha value is -3.82. The number of amides is 1. The minimum absolute atomic E-state index is 0.0882. The molecular weight excluding hydrogens is 403 g/mol. The third kappa shape index (κ3) is 4.43. The van der Waals surface area contributed by atoms with E-state index in [0.717, 1.165) is 23.9 Å². The predicted molar refractivity (Wildman–Crippen MR) is 102 cm³/mol. The van der Waals surface area contributed by atoms with Gasteiger partial charge in [0.1, 0.15) is 11.3 Å². The Kier molecular flexibility index (Phi) is 5.77. The lowest BCUT2D eigenvalue weighted by Gasteiger charge is -2.11. The van der Waals surface area contributed by atoms with Crippen molar-refractivity contribution >= 4 is 5.91 Å². The van der Waals surface area contributed by atoms with Gasteiger partial charge in [-0.2, -0.15) is 13.2 Å². The summed E-state index contributed by atoms with van der Waals surface area (Å²) in [4.78, 5) is 39.4. The second kappa shape index (κ2) is 8.27. The molecule has 0 saturated carbocycles. The summed E-state index contributed by atoms with van der Waals surface area (Å²) in [6, 6.07) is 10.5. The van der Waals surface area contributed by atoms with Crippen LogP contribution in [0.15, 0.2) is 64.3 Å². The highest BCUT2D eigenvalue weighted by Crippen LogP contribution is 2.29. The smallest absolute Gasteiger partial charge is 0.416 e. The normalized spacial score (nSPS) is 11.2. The molecule has 0 aliphatic carbocycles. The molecule has 1 aromatic heterocycles. The van der Waals surface area contributed by atoms with Crippen molar-refractivity contribution in [2.24, 2.45) is 0 Å². The molecule has 0 bridgehead atoms. The fourth-order valence-electron chi connectivity index (χ4n) is 2.71. The van der Waals surface area contributed by atoms with Crippen LogP contribution in [0.5, 0.6) is 5.75 Å². The molecule has 3 rings (SSSR count). The van der Waals surface area contributed by atoms with Crippen molar-refractivity contribution in [3.05, 3.63) is 92.3 Å². The van der Waals surface area contributed by atoms with E-state index in [4.69, 9.17) is 4.74 Å². The van der Waals surface area contributed by atoms with Crippen LogP contribution in [0.3, 0.4) is 0 Å². The van der Waals surface area contributed by atoms with Crippen molar-refractivity contribution in [3.8, 4) is 11.4 Å². The molecule has 0 fully saturated rings.